The number of amides is 1. The maximum atomic E-state index is 12.0. The molecule has 27 heavy (non-hydrogen) atoms. The molecule has 0 radical (unpaired) electrons. The van der Waals surface area contributed by atoms with Crippen molar-refractivity contribution in [3.05, 3.63) is 29.8 Å². The van der Waals surface area contributed by atoms with Crippen LogP contribution in [-0.2, 0) is 24.3 Å². The zero-order valence-electron chi connectivity index (χ0n) is 15.5. The van der Waals surface area contributed by atoms with Crippen LogP contribution < -0.4 is 10.0 Å². The van der Waals surface area contributed by atoms with E-state index in [9.17, 15) is 18.0 Å². The number of aliphatic imine (C=N–C) groups is 1. The molecule has 0 saturated heterocycles. The van der Waals surface area contributed by atoms with E-state index < -0.39 is 16.0 Å². The molecule has 1 aliphatic rings. The fraction of sp³-hybridized carbons (Fsp3) is 0.500. The SMILES string of the molecule is CCCCC[C@H](C)NC(=O)COC(=O)CN=C1NS(=O)(=O)c2ccccc21. The molecule has 2 rings (SSSR count). The maximum Gasteiger partial charge on any atom is 0.328 e. The van der Waals surface area contributed by atoms with Gasteiger partial charge in [-0.3, -0.25) is 19.3 Å². The van der Waals surface area contributed by atoms with Crippen molar-refractivity contribution < 1.29 is 22.7 Å². The number of hydrogen-bond donors (Lipinski definition) is 2. The van der Waals surface area contributed by atoms with Crippen LogP contribution >= 0.6 is 0 Å². The molecule has 0 spiro atoms. The lowest BCUT2D eigenvalue weighted by Gasteiger charge is -2.13. The van der Waals surface area contributed by atoms with Crippen LogP contribution in [0.3, 0.4) is 0 Å². The quantitative estimate of drug-likeness (QED) is 0.484. The highest BCUT2D eigenvalue weighted by Crippen LogP contribution is 2.21. The Balaban J connectivity index is 1.80. The lowest BCUT2D eigenvalue weighted by molar-refractivity contribution is -0.147. The minimum Gasteiger partial charge on any atom is -0.454 e. The zero-order chi connectivity index (χ0) is 19.9. The number of rotatable bonds is 9. The van der Waals surface area contributed by atoms with Crippen molar-refractivity contribution in [2.45, 2.75) is 50.5 Å². The molecule has 0 saturated carbocycles. The number of nitrogens with one attached hydrogen (secondary N) is 2. The van der Waals surface area contributed by atoms with Gasteiger partial charge >= 0.3 is 5.97 Å². The van der Waals surface area contributed by atoms with Gasteiger partial charge in [0.1, 0.15) is 12.4 Å². The van der Waals surface area contributed by atoms with Gasteiger partial charge in [-0.25, -0.2) is 8.42 Å². The van der Waals surface area contributed by atoms with Crippen LogP contribution in [0.4, 0.5) is 0 Å². The van der Waals surface area contributed by atoms with E-state index in [1.807, 2.05) is 6.92 Å². The van der Waals surface area contributed by atoms with E-state index in [0.717, 1.165) is 25.7 Å². The van der Waals surface area contributed by atoms with E-state index >= 15 is 0 Å². The van der Waals surface area contributed by atoms with Crippen LogP contribution in [0.1, 0.15) is 45.1 Å². The molecule has 1 heterocycles. The topological polar surface area (TPSA) is 114 Å². The molecule has 1 amide bonds. The third-order valence-electron chi connectivity index (χ3n) is 4.04. The van der Waals surface area contributed by atoms with E-state index in [0.29, 0.717) is 5.56 Å². The summed E-state index contributed by atoms with van der Waals surface area (Å²) in [5.41, 5.74) is 0.406. The maximum absolute atomic E-state index is 12.0. The molecule has 0 fully saturated rings. The molecule has 0 bridgehead atoms. The first-order chi connectivity index (χ1) is 12.8. The first-order valence-corrected chi connectivity index (χ1v) is 10.4. The molecular formula is C18H25N3O5S. The van der Waals surface area contributed by atoms with E-state index in [2.05, 4.69) is 22.0 Å². The smallest absolute Gasteiger partial charge is 0.328 e. The fourth-order valence-corrected chi connectivity index (χ4v) is 3.93. The molecule has 1 aromatic rings. The van der Waals surface area contributed by atoms with Gasteiger partial charge in [-0.15, -0.1) is 0 Å². The third-order valence-corrected chi connectivity index (χ3v) is 5.44. The highest BCUT2D eigenvalue weighted by atomic mass is 32.2. The molecule has 0 aliphatic carbocycles. The minimum atomic E-state index is -3.65. The Hall–Kier alpha value is -2.42. The van der Waals surface area contributed by atoms with E-state index in [1.165, 1.54) is 6.07 Å². The summed E-state index contributed by atoms with van der Waals surface area (Å²) in [5.74, 6) is -0.983. The Morgan fingerprint density at radius 1 is 1.26 bits per heavy atom. The van der Waals surface area contributed by atoms with Gasteiger partial charge < -0.3 is 10.1 Å². The number of sulfonamides is 1. The molecule has 1 aliphatic heterocycles. The molecule has 1 aromatic carbocycles. The van der Waals surface area contributed by atoms with Crippen molar-refractivity contribution in [1.29, 1.82) is 0 Å². The average molecular weight is 395 g/mol. The van der Waals surface area contributed by atoms with E-state index in [1.54, 1.807) is 18.2 Å². The summed E-state index contributed by atoms with van der Waals surface area (Å²) >= 11 is 0. The Morgan fingerprint density at radius 3 is 2.74 bits per heavy atom. The average Bonchev–Trinajstić information content (AvgIpc) is 2.89. The van der Waals surface area contributed by atoms with Crippen molar-refractivity contribution in [2.24, 2.45) is 4.99 Å². The van der Waals surface area contributed by atoms with Crippen LogP contribution in [-0.4, -0.2) is 45.3 Å². The standard InChI is InChI=1S/C18H25N3O5S/c1-3-4-5-8-13(2)20-16(22)12-26-17(23)11-19-18-14-9-6-7-10-15(14)27(24,25)21-18/h6-7,9-10,13H,3-5,8,11-12H2,1-2H3,(H,19,21)(H,20,22)/t13-/m0/s1. The predicted molar refractivity (Wildman–Crippen MR) is 101 cm³/mol. The number of esters is 1. The number of hydrogen-bond acceptors (Lipinski definition) is 6. The number of amidine groups is 1. The summed E-state index contributed by atoms with van der Waals surface area (Å²) in [6.45, 7) is 3.25. The third kappa shape index (κ3) is 6.06. The fourth-order valence-electron chi connectivity index (χ4n) is 2.68. The second-order valence-electron chi connectivity index (χ2n) is 6.39. The van der Waals surface area contributed by atoms with Crippen LogP contribution in [0.5, 0.6) is 0 Å². The number of nitrogens with zero attached hydrogens (tertiary/aromatic N) is 1. The van der Waals surface area contributed by atoms with Crippen molar-refractivity contribution >= 4 is 27.7 Å². The Kier molecular flexibility index (Phi) is 7.35. The predicted octanol–water partition coefficient (Wildman–Crippen LogP) is 1.35. The first-order valence-electron chi connectivity index (χ1n) is 8.95. The van der Waals surface area contributed by atoms with E-state index in [4.69, 9.17) is 4.74 Å². The van der Waals surface area contributed by atoms with Crippen LogP contribution in [0, 0.1) is 0 Å². The summed E-state index contributed by atoms with van der Waals surface area (Å²) in [5, 5.41) is 2.77. The lowest BCUT2D eigenvalue weighted by Crippen LogP contribution is -2.36. The molecule has 0 aromatic heterocycles. The van der Waals surface area contributed by atoms with Gasteiger partial charge in [0.15, 0.2) is 6.61 Å². The summed E-state index contributed by atoms with van der Waals surface area (Å²) in [7, 11) is -3.65. The van der Waals surface area contributed by atoms with Gasteiger partial charge in [0.05, 0.1) is 4.90 Å². The van der Waals surface area contributed by atoms with Crippen LogP contribution in [0.15, 0.2) is 34.2 Å². The number of fused-ring (bicyclic) bond motifs is 1. The first kappa shape index (κ1) is 20.9. The van der Waals surface area contributed by atoms with Gasteiger partial charge in [0, 0.05) is 11.6 Å². The van der Waals surface area contributed by atoms with Gasteiger partial charge in [-0.1, -0.05) is 38.3 Å². The Bertz CT molecular complexity index is 820. The van der Waals surface area contributed by atoms with E-state index in [-0.39, 0.29) is 35.8 Å². The normalized spacial score (nSPS) is 17.0. The molecular weight excluding hydrogens is 370 g/mol. The van der Waals surface area contributed by atoms with Crippen molar-refractivity contribution in [3.63, 3.8) is 0 Å². The molecule has 8 nitrogen and oxygen atoms in total. The van der Waals surface area contributed by atoms with Crippen molar-refractivity contribution in [1.82, 2.24) is 10.0 Å². The number of unbranched alkanes of at least 4 members (excludes halogenated alkanes) is 2. The number of carbonyl (C=O) groups is 2. The van der Waals surface area contributed by atoms with Gasteiger partial charge in [-0.05, 0) is 25.5 Å². The second kappa shape index (κ2) is 9.50. The Morgan fingerprint density at radius 2 is 2.00 bits per heavy atom. The molecule has 0 unspecified atom stereocenters. The van der Waals surface area contributed by atoms with Crippen molar-refractivity contribution in [3.8, 4) is 0 Å². The second-order valence-corrected chi connectivity index (χ2v) is 8.04. The summed E-state index contributed by atoms with van der Waals surface area (Å²) < 4.78 is 31.1. The van der Waals surface area contributed by atoms with Gasteiger partial charge in [-0.2, -0.15) is 0 Å². The number of ether oxygens (including phenoxy) is 1. The molecule has 1 atom stereocenters. The zero-order valence-corrected chi connectivity index (χ0v) is 16.3. The lowest BCUT2D eigenvalue weighted by atomic mass is 10.1. The Labute approximate surface area is 159 Å². The summed E-state index contributed by atoms with van der Waals surface area (Å²) in [4.78, 5) is 27.7. The van der Waals surface area contributed by atoms with Crippen molar-refractivity contribution in [2.75, 3.05) is 13.2 Å². The molecule has 2 N–H and O–H groups in total. The van der Waals surface area contributed by atoms with Crippen LogP contribution in [0.25, 0.3) is 0 Å². The van der Waals surface area contributed by atoms with Gasteiger partial charge in [0.25, 0.3) is 15.9 Å². The highest BCUT2D eigenvalue weighted by Gasteiger charge is 2.30. The summed E-state index contributed by atoms with van der Waals surface area (Å²) in [6, 6.07) is 6.38. The largest absolute Gasteiger partial charge is 0.454 e. The number of benzene rings is 1. The molecule has 148 valence electrons. The highest BCUT2D eigenvalue weighted by molar-refractivity contribution is 7.90. The monoisotopic (exact) mass is 395 g/mol. The summed E-state index contributed by atoms with van der Waals surface area (Å²) in [6.07, 6.45) is 4.14. The molecule has 9 heteroatoms. The van der Waals surface area contributed by atoms with Gasteiger partial charge in [0.2, 0.25) is 0 Å². The minimum absolute atomic E-state index is 0.0207. The van der Waals surface area contributed by atoms with Crippen LogP contribution in [0.2, 0.25) is 0 Å². The number of carbonyl (C=O) groups excluding carboxylic acids is 2.